The maximum absolute atomic E-state index is 12.4. The van der Waals surface area contributed by atoms with Crippen molar-refractivity contribution in [1.29, 1.82) is 0 Å². The van der Waals surface area contributed by atoms with Crippen molar-refractivity contribution >= 4 is 21.5 Å². The van der Waals surface area contributed by atoms with Crippen LogP contribution in [-0.4, -0.2) is 54.0 Å². The fourth-order valence-corrected chi connectivity index (χ4v) is 4.18. The summed E-state index contributed by atoms with van der Waals surface area (Å²) in [4.78, 5) is 16.4. The molecule has 0 atom stereocenters. The van der Waals surface area contributed by atoms with Crippen LogP contribution in [0.2, 0.25) is 0 Å². The van der Waals surface area contributed by atoms with E-state index >= 15 is 0 Å². The second-order valence-corrected chi connectivity index (χ2v) is 7.69. The summed E-state index contributed by atoms with van der Waals surface area (Å²) in [7, 11) is -3.47. The van der Waals surface area contributed by atoms with Gasteiger partial charge in [-0.2, -0.15) is 4.31 Å². The van der Waals surface area contributed by atoms with E-state index in [1.807, 2.05) is 4.90 Å². The van der Waals surface area contributed by atoms with Crippen molar-refractivity contribution in [3.8, 4) is 0 Å². The molecule has 0 spiro atoms. The Hall–Kier alpha value is -2.53. The third kappa shape index (κ3) is 3.77. The van der Waals surface area contributed by atoms with Gasteiger partial charge in [-0.25, -0.2) is 13.4 Å². The number of hydrogen-bond acceptors (Lipinski definition) is 8. The monoisotopic (exact) mass is 367 g/mol. The molecule has 2 aromatic rings. The van der Waals surface area contributed by atoms with Gasteiger partial charge in [-0.3, -0.25) is 10.1 Å². The molecular weight excluding hydrogens is 350 g/mol. The summed E-state index contributed by atoms with van der Waals surface area (Å²) in [5, 5.41) is 14.4. The number of sulfonamides is 1. The van der Waals surface area contributed by atoms with Gasteiger partial charge in [-0.05, 0) is 12.5 Å². The lowest BCUT2D eigenvalue weighted by molar-refractivity contribution is -0.385. The Balaban J connectivity index is 1.66. The molecule has 0 aromatic carbocycles. The summed E-state index contributed by atoms with van der Waals surface area (Å²) in [5.41, 5.74) is 0.999. The molecule has 0 radical (unpaired) electrons. The van der Waals surface area contributed by atoms with Gasteiger partial charge >= 0.3 is 0 Å². The van der Waals surface area contributed by atoms with Gasteiger partial charge in [0.2, 0.25) is 10.0 Å². The number of anilines is 1. The highest BCUT2D eigenvalue weighted by molar-refractivity contribution is 7.88. The van der Waals surface area contributed by atoms with E-state index in [1.165, 1.54) is 28.9 Å². The summed E-state index contributed by atoms with van der Waals surface area (Å²) in [5.74, 6) is 0.442. The number of rotatable bonds is 5. The van der Waals surface area contributed by atoms with Gasteiger partial charge in [-0.15, -0.1) is 0 Å². The van der Waals surface area contributed by atoms with E-state index < -0.39 is 14.9 Å². The fraction of sp³-hybridized carbons (Fsp3) is 0.429. The van der Waals surface area contributed by atoms with Gasteiger partial charge in [0.25, 0.3) is 5.69 Å². The minimum absolute atomic E-state index is 0.0601. The average molecular weight is 367 g/mol. The Morgan fingerprint density at radius 3 is 2.60 bits per heavy atom. The lowest BCUT2D eigenvalue weighted by Gasteiger charge is -2.35. The molecule has 1 saturated heterocycles. The molecule has 0 saturated carbocycles. The molecule has 0 aliphatic carbocycles. The average Bonchev–Trinajstić information content (AvgIpc) is 3.07. The van der Waals surface area contributed by atoms with E-state index in [4.69, 9.17) is 0 Å². The molecular formula is C14H17N5O5S. The Labute approximate surface area is 144 Å². The maximum atomic E-state index is 12.4. The second-order valence-electron chi connectivity index (χ2n) is 5.72. The molecule has 1 fully saturated rings. The number of nitro groups is 1. The predicted molar refractivity (Wildman–Crippen MR) is 88.5 cm³/mol. The Bertz CT molecular complexity index is 860. The molecule has 1 aliphatic rings. The second kappa shape index (κ2) is 6.76. The normalized spacial score (nSPS) is 16.1. The van der Waals surface area contributed by atoms with Crippen LogP contribution in [0.1, 0.15) is 11.3 Å². The van der Waals surface area contributed by atoms with E-state index in [0.717, 1.165) is 0 Å². The number of aryl methyl sites for hydroxylation is 1. The van der Waals surface area contributed by atoms with Crippen LogP contribution < -0.4 is 4.90 Å². The van der Waals surface area contributed by atoms with E-state index in [9.17, 15) is 18.5 Å². The first-order chi connectivity index (χ1) is 11.9. The summed E-state index contributed by atoms with van der Waals surface area (Å²) < 4.78 is 30.9. The van der Waals surface area contributed by atoms with E-state index in [0.29, 0.717) is 43.3 Å². The van der Waals surface area contributed by atoms with Crippen molar-refractivity contribution in [2.75, 3.05) is 31.1 Å². The highest BCUT2D eigenvalue weighted by Gasteiger charge is 2.29. The van der Waals surface area contributed by atoms with Crippen molar-refractivity contribution < 1.29 is 17.9 Å². The van der Waals surface area contributed by atoms with Crippen molar-refractivity contribution in [1.82, 2.24) is 14.4 Å². The standard InChI is InChI=1S/C14H17N5O5S/c1-11-8-13(19(20)21)9-15-14(11)17-3-5-18(6-4-17)25(22,23)10-12-2-7-24-16-12/h2,7-9H,3-6,10H2,1H3. The topological polar surface area (TPSA) is 123 Å². The van der Waals surface area contributed by atoms with Crippen molar-refractivity contribution in [3.63, 3.8) is 0 Å². The maximum Gasteiger partial charge on any atom is 0.287 e. The summed E-state index contributed by atoms with van der Waals surface area (Å²) >= 11 is 0. The fourth-order valence-electron chi connectivity index (χ4n) is 2.75. The van der Waals surface area contributed by atoms with Crippen LogP contribution in [0.3, 0.4) is 0 Å². The van der Waals surface area contributed by atoms with Gasteiger partial charge in [0.1, 0.15) is 24.0 Å². The Morgan fingerprint density at radius 2 is 2.04 bits per heavy atom. The van der Waals surface area contributed by atoms with Gasteiger partial charge in [0, 0.05) is 38.3 Å². The number of piperazine rings is 1. The molecule has 11 heteroatoms. The Morgan fingerprint density at radius 1 is 1.32 bits per heavy atom. The van der Waals surface area contributed by atoms with E-state index in [2.05, 4.69) is 14.7 Å². The molecule has 25 heavy (non-hydrogen) atoms. The van der Waals surface area contributed by atoms with Gasteiger partial charge in [-0.1, -0.05) is 5.16 Å². The Kier molecular flexibility index (Phi) is 4.68. The number of aromatic nitrogens is 2. The van der Waals surface area contributed by atoms with Crippen LogP contribution in [0.5, 0.6) is 0 Å². The third-order valence-corrected chi connectivity index (χ3v) is 5.81. The van der Waals surface area contributed by atoms with Crippen LogP contribution in [-0.2, 0) is 15.8 Å². The van der Waals surface area contributed by atoms with Crippen molar-refractivity contribution in [2.24, 2.45) is 0 Å². The van der Waals surface area contributed by atoms with Crippen LogP contribution >= 0.6 is 0 Å². The largest absolute Gasteiger partial charge is 0.364 e. The highest BCUT2D eigenvalue weighted by Crippen LogP contribution is 2.23. The molecule has 2 aromatic heterocycles. The van der Waals surface area contributed by atoms with Crippen LogP contribution in [0.4, 0.5) is 11.5 Å². The zero-order valence-electron chi connectivity index (χ0n) is 13.5. The van der Waals surface area contributed by atoms with Crippen LogP contribution in [0, 0.1) is 17.0 Å². The van der Waals surface area contributed by atoms with Crippen LogP contribution in [0.15, 0.2) is 29.1 Å². The van der Waals surface area contributed by atoms with Crippen molar-refractivity contribution in [3.05, 3.63) is 46.0 Å². The summed E-state index contributed by atoms with van der Waals surface area (Å²) in [6.07, 6.45) is 2.56. The number of pyridine rings is 1. The smallest absolute Gasteiger partial charge is 0.287 e. The number of nitrogens with zero attached hydrogens (tertiary/aromatic N) is 5. The molecule has 3 heterocycles. The molecule has 0 N–H and O–H groups in total. The zero-order valence-corrected chi connectivity index (χ0v) is 14.3. The van der Waals surface area contributed by atoms with Crippen LogP contribution in [0.25, 0.3) is 0 Å². The first-order valence-corrected chi connectivity index (χ1v) is 9.21. The number of hydrogen-bond donors (Lipinski definition) is 0. The predicted octanol–water partition coefficient (Wildman–Crippen LogP) is 0.938. The first kappa shape index (κ1) is 17.3. The molecule has 0 amide bonds. The SMILES string of the molecule is Cc1cc([N+](=O)[O-])cnc1N1CCN(S(=O)(=O)Cc2ccon2)CC1. The molecule has 1 aliphatic heterocycles. The molecule has 3 rings (SSSR count). The minimum Gasteiger partial charge on any atom is -0.364 e. The summed E-state index contributed by atoms with van der Waals surface area (Å²) in [6, 6.07) is 2.99. The summed E-state index contributed by atoms with van der Waals surface area (Å²) in [6.45, 7) is 3.31. The molecule has 0 bridgehead atoms. The lowest BCUT2D eigenvalue weighted by atomic mass is 10.2. The van der Waals surface area contributed by atoms with Gasteiger partial charge in [0.15, 0.2) is 0 Å². The minimum atomic E-state index is -3.47. The molecule has 0 unspecified atom stereocenters. The third-order valence-electron chi connectivity index (χ3n) is 4.00. The van der Waals surface area contributed by atoms with Gasteiger partial charge in [0.05, 0.1) is 10.6 Å². The quantitative estimate of drug-likeness (QED) is 0.565. The molecule has 134 valence electrons. The van der Waals surface area contributed by atoms with E-state index in [-0.39, 0.29) is 11.4 Å². The zero-order chi connectivity index (χ0) is 18.0. The van der Waals surface area contributed by atoms with E-state index in [1.54, 1.807) is 6.92 Å². The van der Waals surface area contributed by atoms with Gasteiger partial charge < -0.3 is 9.42 Å². The first-order valence-electron chi connectivity index (χ1n) is 7.60. The highest BCUT2D eigenvalue weighted by atomic mass is 32.2. The lowest BCUT2D eigenvalue weighted by Crippen LogP contribution is -2.49. The van der Waals surface area contributed by atoms with Crippen molar-refractivity contribution in [2.45, 2.75) is 12.7 Å². The molecule has 10 nitrogen and oxygen atoms in total.